The third-order valence-corrected chi connectivity index (χ3v) is 1.72. The highest BCUT2D eigenvalue weighted by molar-refractivity contribution is 5.78. The van der Waals surface area contributed by atoms with Gasteiger partial charge in [-0.1, -0.05) is 53.0 Å². The van der Waals surface area contributed by atoms with Crippen LogP contribution in [0.1, 0.15) is 39.5 Å². The Hall–Kier alpha value is -0.790. The number of carbonyl (C=O) groups is 1. The average molecular weight is 185 g/mol. The van der Waals surface area contributed by atoms with E-state index in [-0.39, 0.29) is 0 Å². The van der Waals surface area contributed by atoms with Gasteiger partial charge in [-0.2, -0.15) is 0 Å². The number of carboxylic acids is 1. The first kappa shape index (κ1) is 14.7. The van der Waals surface area contributed by atoms with Gasteiger partial charge < -0.3 is 5.11 Å². The fourth-order valence-electron chi connectivity index (χ4n) is 0.697. The monoisotopic (exact) mass is 185 g/mol. The minimum atomic E-state index is -0.981. The van der Waals surface area contributed by atoms with E-state index < -0.39 is 5.97 Å². The van der Waals surface area contributed by atoms with E-state index in [1.165, 1.54) is 25.7 Å². The molecule has 0 aliphatic rings. The van der Waals surface area contributed by atoms with Crippen molar-refractivity contribution in [2.45, 2.75) is 39.5 Å². The molecule has 13 heavy (non-hydrogen) atoms. The summed E-state index contributed by atoms with van der Waals surface area (Å²) in [5, 5.41) is 7.60. The molecule has 0 bridgehead atoms. The van der Waals surface area contributed by atoms with Crippen LogP contribution < -0.4 is 0 Å². The largest absolute Gasteiger partial charge is 0.478 e. The van der Waals surface area contributed by atoms with E-state index >= 15 is 0 Å². The van der Waals surface area contributed by atoms with Crippen molar-refractivity contribution in [1.29, 1.82) is 0 Å². The van der Waals surface area contributed by atoms with Crippen LogP contribution in [0.4, 0.5) is 0 Å². The van der Waals surface area contributed by atoms with Crippen molar-refractivity contribution in [3.05, 3.63) is 19.6 Å². The first-order valence-corrected chi connectivity index (χ1v) is 4.76. The Balaban J connectivity index is 0. The first-order valence-electron chi connectivity index (χ1n) is 4.76. The third kappa shape index (κ3) is 18.3. The van der Waals surface area contributed by atoms with Gasteiger partial charge >= 0.3 is 5.97 Å². The SMILES string of the molecule is C=CC(=O)O.[CH2]C(CC)CCCC. The van der Waals surface area contributed by atoms with Crippen LogP contribution in [0.15, 0.2) is 12.7 Å². The van der Waals surface area contributed by atoms with Crippen molar-refractivity contribution in [3.8, 4) is 0 Å². The fourth-order valence-corrected chi connectivity index (χ4v) is 0.697. The van der Waals surface area contributed by atoms with E-state index in [0.717, 1.165) is 6.08 Å². The smallest absolute Gasteiger partial charge is 0.327 e. The second kappa shape index (κ2) is 11.2. The van der Waals surface area contributed by atoms with Gasteiger partial charge in [0.1, 0.15) is 0 Å². The molecule has 77 valence electrons. The summed E-state index contributed by atoms with van der Waals surface area (Å²) in [5.74, 6) is -0.278. The number of rotatable bonds is 5. The summed E-state index contributed by atoms with van der Waals surface area (Å²) >= 11 is 0. The van der Waals surface area contributed by atoms with Crippen molar-refractivity contribution in [3.63, 3.8) is 0 Å². The van der Waals surface area contributed by atoms with Crippen LogP contribution in [0.25, 0.3) is 0 Å². The number of aliphatic carboxylic acids is 1. The highest BCUT2D eigenvalue weighted by atomic mass is 16.4. The van der Waals surface area contributed by atoms with Gasteiger partial charge in [0.2, 0.25) is 0 Å². The lowest BCUT2D eigenvalue weighted by atomic mass is 10.0. The lowest BCUT2D eigenvalue weighted by Gasteiger charge is -2.04. The molecule has 1 radical (unpaired) electrons. The van der Waals surface area contributed by atoms with Gasteiger partial charge in [-0.25, -0.2) is 4.79 Å². The molecule has 1 atom stereocenters. The number of carboxylic acid groups (broad SMARTS) is 1. The molecular weight excluding hydrogens is 164 g/mol. The predicted octanol–water partition coefficient (Wildman–Crippen LogP) is 3.29. The van der Waals surface area contributed by atoms with Crippen LogP contribution in [-0.4, -0.2) is 11.1 Å². The van der Waals surface area contributed by atoms with E-state index in [0.29, 0.717) is 5.92 Å². The maximum absolute atomic E-state index is 9.25. The highest BCUT2D eigenvalue weighted by Gasteiger charge is 1.94. The van der Waals surface area contributed by atoms with E-state index in [2.05, 4.69) is 27.4 Å². The second-order valence-corrected chi connectivity index (χ2v) is 2.96. The lowest BCUT2D eigenvalue weighted by molar-refractivity contribution is -0.131. The Morgan fingerprint density at radius 1 is 1.54 bits per heavy atom. The van der Waals surface area contributed by atoms with E-state index in [4.69, 9.17) is 5.11 Å². The summed E-state index contributed by atoms with van der Waals surface area (Å²) < 4.78 is 0. The zero-order valence-corrected chi connectivity index (χ0v) is 8.75. The number of hydrogen-bond donors (Lipinski definition) is 1. The maximum Gasteiger partial charge on any atom is 0.327 e. The molecule has 0 heterocycles. The predicted molar refractivity (Wildman–Crippen MR) is 56.5 cm³/mol. The molecule has 0 aliphatic heterocycles. The molecule has 0 aromatic rings. The molecule has 2 nitrogen and oxygen atoms in total. The Labute approximate surface area is 81.7 Å². The summed E-state index contributed by atoms with van der Waals surface area (Å²) in [7, 11) is 0. The van der Waals surface area contributed by atoms with Gasteiger partial charge in [-0.05, 0) is 5.92 Å². The third-order valence-electron chi connectivity index (χ3n) is 1.72. The average Bonchev–Trinajstić information content (AvgIpc) is 2.15. The van der Waals surface area contributed by atoms with Crippen molar-refractivity contribution < 1.29 is 9.90 Å². The van der Waals surface area contributed by atoms with Crippen LogP contribution >= 0.6 is 0 Å². The summed E-state index contributed by atoms with van der Waals surface area (Å²) in [6.45, 7) is 11.4. The normalized spacial score (nSPS) is 11.0. The van der Waals surface area contributed by atoms with Gasteiger partial charge in [0.25, 0.3) is 0 Å². The molecule has 0 spiro atoms. The minimum absolute atomic E-state index is 0.704. The zero-order chi connectivity index (χ0) is 10.7. The van der Waals surface area contributed by atoms with Crippen molar-refractivity contribution in [1.82, 2.24) is 0 Å². The summed E-state index contributed by atoms with van der Waals surface area (Å²) in [6.07, 6.45) is 6.04. The van der Waals surface area contributed by atoms with Crippen LogP contribution in [0.3, 0.4) is 0 Å². The van der Waals surface area contributed by atoms with Crippen molar-refractivity contribution in [2.24, 2.45) is 5.92 Å². The summed E-state index contributed by atoms with van der Waals surface area (Å²) in [6, 6.07) is 0. The molecule has 0 saturated carbocycles. The molecule has 0 aromatic heterocycles. The Morgan fingerprint density at radius 2 is 2.00 bits per heavy atom. The molecule has 0 fully saturated rings. The van der Waals surface area contributed by atoms with E-state index in [1.54, 1.807) is 0 Å². The Kier molecular flexibility index (Phi) is 12.7. The van der Waals surface area contributed by atoms with Gasteiger partial charge in [-0.3, -0.25) is 0 Å². The molecular formula is C11H21O2. The molecule has 1 N–H and O–H groups in total. The molecule has 0 saturated heterocycles. The first-order chi connectivity index (χ1) is 6.08. The second-order valence-electron chi connectivity index (χ2n) is 2.96. The van der Waals surface area contributed by atoms with Crippen molar-refractivity contribution >= 4 is 5.97 Å². The number of hydrogen-bond acceptors (Lipinski definition) is 1. The topological polar surface area (TPSA) is 37.3 Å². The van der Waals surface area contributed by atoms with Crippen LogP contribution in [0, 0.1) is 12.8 Å². The zero-order valence-electron chi connectivity index (χ0n) is 8.75. The van der Waals surface area contributed by atoms with Crippen LogP contribution in [-0.2, 0) is 4.79 Å². The Bertz CT molecular complexity index is 130. The molecule has 1 unspecified atom stereocenters. The van der Waals surface area contributed by atoms with Crippen LogP contribution in [0.2, 0.25) is 0 Å². The fraction of sp³-hybridized carbons (Fsp3) is 0.636. The standard InChI is InChI=1S/C8H17.C3H4O2/c1-4-6-7-8(3)5-2;1-2-3(4)5/h8H,3-7H2,1-2H3;2H,1H2,(H,4,5). The Morgan fingerprint density at radius 3 is 2.23 bits per heavy atom. The molecule has 0 rings (SSSR count). The van der Waals surface area contributed by atoms with Gasteiger partial charge in [-0.15, -0.1) is 0 Å². The molecule has 0 amide bonds. The van der Waals surface area contributed by atoms with Crippen LogP contribution in [0.5, 0.6) is 0 Å². The quantitative estimate of drug-likeness (QED) is 0.667. The van der Waals surface area contributed by atoms with Gasteiger partial charge in [0.15, 0.2) is 0 Å². The molecule has 0 aromatic carbocycles. The molecule has 2 heteroatoms. The molecule has 0 aliphatic carbocycles. The maximum atomic E-state index is 9.25. The summed E-state index contributed by atoms with van der Waals surface area (Å²) in [4.78, 5) is 9.25. The van der Waals surface area contributed by atoms with Gasteiger partial charge in [0.05, 0.1) is 0 Å². The summed E-state index contributed by atoms with van der Waals surface area (Å²) in [5.41, 5.74) is 0. The highest BCUT2D eigenvalue weighted by Crippen LogP contribution is 2.09. The van der Waals surface area contributed by atoms with Crippen molar-refractivity contribution in [2.75, 3.05) is 0 Å². The lowest BCUT2D eigenvalue weighted by Crippen LogP contribution is -1.90. The van der Waals surface area contributed by atoms with Gasteiger partial charge in [0, 0.05) is 6.08 Å². The van der Waals surface area contributed by atoms with E-state index in [1.807, 2.05) is 0 Å². The number of unbranched alkanes of at least 4 members (excludes halogenated alkanes) is 1. The minimum Gasteiger partial charge on any atom is -0.478 e. The van der Waals surface area contributed by atoms with E-state index in [9.17, 15) is 4.79 Å².